The molecule has 0 fully saturated rings. The van der Waals surface area contributed by atoms with E-state index < -0.39 is 5.76 Å². The molecule has 0 unspecified atom stereocenters. The van der Waals surface area contributed by atoms with Crippen molar-refractivity contribution in [2.75, 3.05) is 5.32 Å². The Balaban J connectivity index is 1.57. The van der Waals surface area contributed by atoms with Gasteiger partial charge in [0.05, 0.1) is 5.52 Å². The summed E-state index contributed by atoms with van der Waals surface area (Å²) in [5.41, 5.74) is 1.78. The van der Waals surface area contributed by atoms with Gasteiger partial charge in [0, 0.05) is 11.1 Å². The van der Waals surface area contributed by atoms with Crippen molar-refractivity contribution in [1.29, 1.82) is 0 Å². The van der Waals surface area contributed by atoms with Crippen LogP contribution < -0.4 is 11.1 Å². The van der Waals surface area contributed by atoms with E-state index in [1.54, 1.807) is 23.6 Å². The fourth-order valence-corrected chi connectivity index (χ4v) is 3.03. The number of amides is 1. The first-order chi connectivity index (χ1) is 11.6. The maximum absolute atomic E-state index is 12.3. The molecule has 0 aliphatic rings. The summed E-state index contributed by atoms with van der Waals surface area (Å²) in [7, 11) is 0. The Morgan fingerprint density at radius 2 is 2.12 bits per heavy atom. The summed E-state index contributed by atoms with van der Waals surface area (Å²) in [6, 6.07) is 8.55. The fraction of sp³-hybridized carbons (Fsp3) is 0.0625. The van der Waals surface area contributed by atoms with Crippen molar-refractivity contribution in [2.24, 2.45) is 0 Å². The van der Waals surface area contributed by atoms with E-state index in [9.17, 15) is 9.59 Å². The quantitative estimate of drug-likeness (QED) is 0.595. The van der Waals surface area contributed by atoms with E-state index in [4.69, 9.17) is 8.83 Å². The smallest absolute Gasteiger partial charge is 0.417 e. The van der Waals surface area contributed by atoms with E-state index in [-0.39, 0.29) is 5.91 Å². The summed E-state index contributed by atoms with van der Waals surface area (Å²) in [6.07, 6.45) is 0. The second-order valence-corrected chi connectivity index (χ2v) is 5.99. The molecule has 0 aliphatic carbocycles. The Morgan fingerprint density at radius 3 is 2.92 bits per heavy atom. The lowest BCUT2D eigenvalue weighted by Crippen LogP contribution is -2.12. The number of aromatic amines is 1. The van der Waals surface area contributed by atoms with Crippen LogP contribution in [0.3, 0.4) is 0 Å². The number of thiazole rings is 1. The Bertz CT molecular complexity index is 1100. The van der Waals surface area contributed by atoms with E-state index >= 15 is 0 Å². The molecule has 7 nitrogen and oxygen atoms in total. The van der Waals surface area contributed by atoms with Crippen molar-refractivity contribution in [3.63, 3.8) is 0 Å². The standard InChI is InChI=1S/C16H11N3O4S/c1-8-2-4-13(22-8)15-18-11(7-24-15)14(20)17-9-3-5-12-10(6-9)19-16(21)23-12/h2-7H,1H3,(H,17,20)(H,19,21). The van der Waals surface area contributed by atoms with Crippen LogP contribution in [0.15, 0.2) is 49.3 Å². The number of carbonyl (C=O) groups excluding carboxylic acids is 1. The third kappa shape index (κ3) is 2.63. The van der Waals surface area contributed by atoms with Gasteiger partial charge in [-0.25, -0.2) is 9.78 Å². The molecule has 8 heteroatoms. The van der Waals surface area contributed by atoms with Crippen LogP contribution in [-0.2, 0) is 0 Å². The molecule has 2 N–H and O–H groups in total. The molecule has 0 radical (unpaired) electrons. The van der Waals surface area contributed by atoms with Gasteiger partial charge in [0.1, 0.15) is 11.5 Å². The lowest BCUT2D eigenvalue weighted by Gasteiger charge is -2.02. The van der Waals surface area contributed by atoms with Gasteiger partial charge in [-0.15, -0.1) is 11.3 Å². The van der Waals surface area contributed by atoms with Crippen LogP contribution >= 0.6 is 11.3 Å². The zero-order chi connectivity index (χ0) is 16.7. The normalized spacial score (nSPS) is 11.0. The zero-order valence-corrected chi connectivity index (χ0v) is 13.3. The Morgan fingerprint density at radius 1 is 1.25 bits per heavy atom. The summed E-state index contributed by atoms with van der Waals surface area (Å²) in [6.45, 7) is 1.85. The number of hydrogen-bond acceptors (Lipinski definition) is 6. The number of furan rings is 1. The summed E-state index contributed by atoms with van der Waals surface area (Å²) in [5, 5.41) is 5.05. The number of hydrogen-bond donors (Lipinski definition) is 2. The van der Waals surface area contributed by atoms with E-state index in [0.29, 0.717) is 33.2 Å². The van der Waals surface area contributed by atoms with E-state index in [1.165, 1.54) is 11.3 Å². The molecule has 4 rings (SSSR count). The third-order valence-corrected chi connectivity index (χ3v) is 4.22. The molecule has 0 spiro atoms. The van der Waals surface area contributed by atoms with Gasteiger partial charge in [0.2, 0.25) is 0 Å². The highest BCUT2D eigenvalue weighted by Crippen LogP contribution is 2.26. The van der Waals surface area contributed by atoms with Crippen molar-refractivity contribution >= 4 is 34.0 Å². The Hall–Kier alpha value is -3.13. The lowest BCUT2D eigenvalue weighted by molar-refractivity contribution is 0.102. The van der Waals surface area contributed by atoms with Gasteiger partial charge in [0.15, 0.2) is 16.4 Å². The molecule has 0 atom stereocenters. The van der Waals surface area contributed by atoms with Crippen molar-refractivity contribution in [1.82, 2.24) is 9.97 Å². The van der Waals surface area contributed by atoms with Crippen LogP contribution in [0.2, 0.25) is 0 Å². The molecular weight excluding hydrogens is 330 g/mol. The minimum Gasteiger partial charge on any atom is -0.459 e. The van der Waals surface area contributed by atoms with Crippen LogP contribution in [0, 0.1) is 6.92 Å². The molecule has 0 bridgehead atoms. The van der Waals surface area contributed by atoms with Crippen LogP contribution in [0.25, 0.3) is 21.9 Å². The van der Waals surface area contributed by atoms with E-state index in [0.717, 1.165) is 5.76 Å². The first-order valence-electron chi connectivity index (χ1n) is 7.05. The van der Waals surface area contributed by atoms with Crippen LogP contribution in [0.5, 0.6) is 0 Å². The van der Waals surface area contributed by atoms with Gasteiger partial charge in [-0.1, -0.05) is 0 Å². The second-order valence-electron chi connectivity index (χ2n) is 5.13. The molecule has 120 valence electrons. The summed E-state index contributed by atoms with van der Waals surface area (Å²) in [5.74, 6) is 0.542. The number of oxazole rings is 1. The highest BCUT2D eigenvalue weighted by Gasteiger charge is 2.14. The maximum atomic E-state index is 12.3. The molecule has 3 heterocycles. The topological polar surface area (TPSA) is 101 Å². The molecule has 1 aromatic carbocycles. The number of aryl methyl sites for hydroxylation is 1. The van der Waals surface area contributed by atoms with Crippen molar-refractivity contribution in [3.05, 3.63) is 57.7 Å². The van der Waals surface area contributed by atoms with Gasteiger partial charge in [-0.2, -0.15) is 0 Å². The van der Waals surface area contributed by atoms with Crippen molar-refractivity contribution in [3.8, 4) is 10.8 Å². The number of benzene rings is 1. The van der Waals surface area contributed by atoms with Gasteiger partial charge in [-0.05, 0) is 37.3 Å². The van der Waals surface area contributed by atoms with Crippen LogP contribution in [0.4, 0.5) is 5.69 Å². The van der Waals surface area contributed by atoms with E-state index in [2.05, 4.69) is 15.3 Å². The largest absolute Gasteiger partial charge is 0.459 e. The Labute approximate surface area is 138 Å². The number of H-pyrrole nitrogens is 1. The average molecular weight is 341 g/mol. The minimum atomic E-state index is -0.536. The van der Waals surface area contributed by atoms with Gasteiger partial charge >= 0.3 is 5.76 Å². The fourth-order valence-electron chi connectivity index (χ4n) is 2.27. The number of carbonyl (C=O) groups is 1. The maximum Gasteiger partial charge on any atom is 0.417 e. The first kappa shape index (κ1) is 14.5. The third-order valence-electron chi connectivity index (χ3n) is 3.36. The molecule has 24 heavy (non-hydrogen) atoms. The first-order valence-corrected chi connectivity index (χ1v) is 7.93. The minimum absolute atomic E-state index is 0.296. The molecule has 0 saturated carbocycles. The summed E-state index contributed by atoms with van der Waals surface area (Å²) >= 11 is 1.33. The number of aromatic nitrogens is 2. The van der Waals surface area contributed by atoms with E-state index in [1.807, 2.05) is 19.1 Å². The molecule has 3 aromatic heterocycles. The predicted octanol–water partition coefficient (Wildman–Crippen LogP) is 3.40. The molecule has 0 aliphatic heterocycles. The van der Waals surface area contributed by atoms with Crippen LogP contribution in [-0.4, -0.2) is 15.9 Å². The Kier molecular flexibility index (Phi) is 3.31. The number of nitrogens with one attached hydrogen (secondary N) is 2. The molecule has 1 amide bonds. The van der Waals surface area contributed by atoms with Gasteiger partial charge in [-0.3, -0.25) is 9.78 Å². The highest BCUT2D eigenvalue weighted by atomic mass is 32.1. The summed E-state index contributed by atoms with van der Waals surface area (Å²) in [4.78, 5) is 30.3. The SMILES string of the molecule is Cc1ccc(-c2nc(C(=O)Nc3ccc4oc(=O)[nH]c4c3)cs2)o1. The number of fused-ring (bicyclic) bond motifs is 1. The van der Waals surface area contributed by atoms with Crippen molar-refractivity contribution < 1.29 is 13.6 Å². The number of rotatable bonds is 3. The lowest BCUT2D eigenvalue weighted by atomic mass is 10.3. The summed E-state index contributed by atoms with van der Waals surface area (Å²) < 4.78 is 10.4. The zero-order valence-electron chi connectivity index (χ0n) is 12.5. The average Bonchev–Trinajstić information content (AvgIpc) is 3.24. The predicted molar refractivity (Wildman–Crippen MR) is 89.3 cm³/mol. The van der Waals surface area contributed by atoms with Crippen molar-refractivity contribution in [2.45, 2.75) is 6.92 Å². The second kappa shape index (κ2) is 5.50. The molecule has 4 aromatic rings. The monoisotopic (exact) mass is 341 g/mol. The molecule has 0 saturated heterocycles. The number of anilines is 1. The van der Waals surface area contributed by atoms with Crippen LogP contribution in [0.1, 0.15) is 16.2 Å². The highest BCUT2D eigenvalue weighted by molar-refractivity contribution is 7.13. The van der Waals surface area contributed by atoms with Gasteiger partial charge in [0.25, 0.3) is 5.91 Å². The number of nitrogens with zero attached hydrogens (tertiary/aromatic N) is 1. The molecular formula is C16H11N3O4S. The van der Waals surface area contributed by atoms with Gasteiger partial charge < -0.3 is 14.2 Å².